The van der Waals surface area contributed by atoms with Crippen LogP contribution in [0.4, 0.5) is 0 Å². The van der Waals surface area contributed by atoms with Crippen LogP contribution in [0.1, 0.15) is 59.7 Å². The molecule has 0 fully saturated rings. The maximum absolute atomic E-state index is 11.5. The summed E-state index contributed by atoms with van der Waals surface area (Å²) in [5.74, 6) is -1.17. The molecule has 1 heterocycles. The Balaban J connectivity index is 0.000000269. The topological polar surface area (TPSA) is 93.6 Å². The van der Waals surface area contributed by atoms with Gasteiger partial charge in [-0.05, 0) is 54.8 Å². The van der Waals surface area contributed by atoms with Gasteiger partial charge in [0.2, 0.25) is 0 Å². The minimum Gasteiger partial charge on any atom is -0.478 e. The first-order valence-electron chi connectivity index (χ1n) is 11.6. The van der Waals surface area contributed by atoms with Gasteiger partial charge in [0.05, 0.1) is 24.1 Å². The molecule has 3 aromatic rings. The summed E-state index contributed by atoms with van der Waals surface area (Å²) in [6, 6.07) is 16.8. The second-order valence-electron chi connectivity index (χ2n) is 8.57. The van der Waals surface area contributed by atoms with Gasteiger partial charge in [-0.25, -0.2) is 9.78 Å². The summed E-state index contributed by atoms with van der Waals surface area (Å²) in [5, 5.41) is 9.91. The number of Topliss-reactive ketones (excluding diaryl/α,β-unsaturated/α-hetero) is 1. The molecule has 1 unspecified atom stereocenters. The Kier molecular flexibility index (Phi) is 10.9. The van der Waals surface area contributed by atoms with Crippen molar-refractivity contribution < 1.29 is 24.2 Å². The van der Waals surface area contributed by atoms with Crippen molar-refractivity contribution in [3.05, 3.63) is 83.1 Å². The summed E-state index contributed by atoms with van der Waals surface area (Å²) in [5.41, 5.74) is 2.91. The average Bonchev–Trinajstić information content (AvgIpc) is 2.87. The van der Waals surface area contributed by atoms with Gasteiger partial charge in [0, 0.05) is 17.2 Å². The number of hydrogen-bond donors (Lipinski definition) is 1. The SMILES string of the molecule is C/C=C(\SC)c1ccc2nc(C(C)=O)cc(C(=O)O)c2c1.COC(=O)C(Cc1ccccc1)C(C)C. The summed E-state index contributed by atoms with van der Waals surface area (Å²) >= 11 is 1.59. The molecule has 0 saturated heterocycles. The Morgan fingerprint density at radius 3 is 2.25 bits per heavy atom. The van der Waals surface area contributed by atoms with Crippen LogP contribution in [-0.4, -0.2) is 41.2 Å². The van der Waals surface area contributed by atoms with E-state index >= 15 is 0 Å². The predicted octanol–water partition coefficient (Wildman–Crippen LogP) is 6.53. The number of carbonyl (C=O) groups excluding carboxylic acids is 2. The average molecular weight is 508 g/mol. The number of pyridine rings is 1. The third-order valence-electron chi connectivity index (χ3n) is 5.77. The normalized spacial score (nSPS) is 12.0. The van der Waals surface area contributed by atoms with E-state index in [9.17, 15) is 19.5 Å². The molecule has 6 nitrogen and oxygen atoms in total. The minimum absolute atomic E-state index is 0.0441. The third kappa shape index (κ3) is 7.52. The van der Waals surface area contributed by atoms with Crippen LogP contribution in [0.5, 0.6) is 0 Å². The van der Waals surface area contributed by atoms with Gasteiger partial charge in [0.25, 0.3) is 0 Å². The molecule has 1 N–H and O–H groups in total. The van der Waals surface area contributed by atoms with Gasteiger partial charge < -0.3 is 9.84 Å². The van der Waals surface area contributed by atoms with Crippen LogP contribution in [0.25, 0.3) is 15.8 Å². The second kappa shape index (κ2) is 13.6. The maximum Gasteiger partial charge on any atom is 0.336 e. The van der Waals surface area contributed by atoms with Crippen molar-refractivity contribution in [2.45, 2.75) is 34.1 Å². The molecule has 0 bridgehead atoms. The molecule has 0 aliphatic heterocycles. The molecule has 2 aromatic carbocycles. The summed E-state index contributed by atoms with van der Waals surface area (Å²) in [7, 11) is 1.45. The van der Waals surface area contributed by atoms with Gasteiger partial charge in [-0.2, -0.15) is 0 Å². The van der Waals surface area contributed by atoms with Crippen molar-refractivity contribution in [3.8, 4) is 0 Å². The fraction of sp³-hybridized carbons (Fsp3) is 0.310. The zero-order valence-corrected chi connectivity index (χ0v) is 22.4. The number of allylic oxidation sites excluding steroid dienone is 1. The molecule has 0 saturated carbocycles. The van der Waals surface area contributed by atoms with Crippen LogP contribution >= 0.6 is 11.8 Å². The Morgan fingerprint density at radius 1 is 1.08 bits per heavy atom. The third-order valence-corrected chi connectivity index (χ3v) is 6.68. The quantitative estimate of drug-likeness (QED) is 0.273. The highest BCUT2D eigenvalue weighted by Gasteiger charge is 2.23. The van der Waals surface area contributed by atoms with E-state index in [4.69, 9.17) is 4.74 Å². The number of carbonyl (C=O) groups is 3. The van der Waals surface area contributed by atoms with E-state index in [1.165, 1.54) is 25.7 Å². The number of fused-ring (bicyclic) bond motifs is 1. The lowest BCUT2D eigenvalue weighted by Crippen LogP contribution is -2.23. The summed E-state index contributed by atoms with van der Waals surface area (Å²) < 4.78 is 4.81. The molecule has 0 aliphatic carbocycles. The largest absolute Gasteiger partial charge is 0.478 e. The molecule has 190 valence electrons. The first-order valence-corrected chi connectivity index (χ1v) is 12.9. The molecule has 0 radical (unpaired) electrons. The fourth-order valence-electron chi connectivity index (χ4n) is 3.75. The molecular weight excluding hydrogens is 474 g/mol. The van der Waals surface area contributed by atoms with Gasteiger partial charge in [0.1, 0.15) is 5.69 Å². The lowest BCUT2D eigenvalue weighted by Gasteiger charge is -2.18. The van der Waals surface area contributed by atoms with Crippen LogP contribution < -0.4 is 0 Å². The first-order chi connectivity index (χ1) is 17.1. The smallest absolute Gasteiger partial charge is 0.336 e. The van der Waals surface area contributed by atoms with Gasteiger partial charge in [-0.15, -0.1) is 11.8 Å². The standard InChI is InChI=1S/C16H15NO3S.C13H18O2/c1-4-15(21-3)10-5-6-13-11(7-10)12(16(19)20)8-14(17-13)9(2)18;1-10(2)12(13(14)15-3)9-11-7-5-4-6-8-11/h4-8H,1-3H3,(H,19,20);4-8,10,12H,9H2,1-3H3/b15-4-;. The van der Waals surface area contributed by atoms with Crippen LogP contribution in [0.2, 0.25) is 0 Å². The van der Waals surface area contributed by atoms with Gasteiger partial charge in [-0.3, -0.25) is 9.59 Å². The second-order valence-corrected chi connectivity index (χ2v) is 9.42. The van der Waals surface area contributed by atoms with E-state index in [2.05, 4.69) is 4.98 Å². The van der Waals surface area contributed by atoms with Crippen molar-refractivity contribution in [2.24, 2.45) is 11.8 Å². The van der Waals surface area contributed by atoms with Gasteiger partial charge in [-0.1, -0.05) is 56.3 Å². The Morgan fingerprint density at radius 2 is 1.75 bits per heavy atom. The van der Waals surface area contributed by atoms with Crippen molar-refractivity contribution in [2.75, 3.05) is 13.4 Å². The number of ether oxygens (including phenoxy) is 1. The summed E-state index contributed by atoms with van der Waals surface area (Å²) in [6.07, 6.45) is 4.70. The Labute approximate surface area is 216 Å². The zero-order valence-electron chi connectivity index (χ0n) is 21.6. The number of nitrogens with zero attached hydrogens (tertiary/aromatic N) is 1. The molecule has 7 heteroatoms. The monoisotopic (exact) mass is 507 g/mol. The number of carboxylic acid groups (broad SMARTS) is 1. The molecular formula is C29H33NO5S. The van der Waals surface area contributed by atoms with E-state index in [1.54, 1.807) is 17.8 Å². The van der Waals surface area contributed by atoms with Gasteiger partial charge >= 0.3 is 11.9 Å². The van der Waals surface area contributed by atoms with Crippen LogP contribution in [0.3, 0.4) is 0 Å². The van der Waals surface area contributed by atoms with Crippen molar-refractivity contribution in [1.82, 2.24) is 4.98 Å². The Hall–Kier alpha value is -3.45. The molecule has 3 rings (SSSR count). The van der Waals surface area contributed by atoms with E-state index in [0.717, 1.165) is 16.9 Å². The van der Waals surface area contributed by atoms with Crippen molar-refractivity contribution in [1.29, 1.82) is 0 Å². The number of ketones is 1. The predicted molar refractivity (Wildman–Crippen MR) is 146 cm³/mol. The summed E-state index contributed by atoms with van der Waals surface area (Å²) in [6.45, 7) is 7.40. The van der Waals surface area contributed by atoms with E-state index < -0.39 is 5.97 Å². The number of aromatic carboxylic acids is 1. The summed E-state index contributed by atoms with van der Waals surface area (Å²) in [4.78, 5) is 39.7. The molecule has 1 aromatic heterocycles. The Bertz CT molecular complexity index is 1250. The highest BCUT2D eigenvalue weighted by molar-refractivity contribution is 8.07. The molecule has 1 atom stereocenters. The highest BCUT2D eigenvalue weighted by Crippen LogP contribution is 2.29. The molecule has 36 heavy (non-hydrogen) atoms. The van der Waals surface area contributed by atoms with Crippen LogP contribution in [-0.2, 0) is 16.0 Å². The number of benzene rings is 2. The molecule has 0 aliphatic rings. The number of hydrogen-bond acceptors (Lipinski definition) is 6. The maximum atomic E-state index is 11.5. The van der Waals surface area contributed by atoms with Gasteiger partial charge in [0.15, 0.2) is 5.78 Å². The zero-order chi connectivity index (χ0) is 26.8. The number of esters is 1. The molecule has 0 spiro atoms. The van der Waals surface area contributed by atoms with Crippen molar-refractivity contribution >= 4 is 45.3 Å². The van der Waals surface area contributed by atoms with E-state index in [1.807, 2.05) is 75.6 Å². The highest BCUT2D eigenvalue weighted by atomic mass is 32.2. The number of carboxylic acids is 1. The van der Waals surface area contributed by atoms with Crippen molar-refractivity contribution in [3.63, 3.8) is 0 Å². The number of methoxy groups -OCH3 is 1. The lowest BCUT2D eigenvalue weighted by atomic mass is 9.89. The first kappa shape index (κ1) is 28.8. The van der Waals surface area contributed by atoms with E-state index in [-0.39, 0.29) is 28.9 Å². The lowest BCUT2D eigenvalue weighted by molar-refractivity contribution is -0.146. The van der Waals surface area contributed by atoms with E-state index in [0.29, 0.717) is 16.8 Å². The minimum atomic E-state index is -1.06. The number of rotatable bonds is 8. The van der Waals surface area contributed by atoms with Crippen LogP contribution in [0, 0.1) is 11.8 Å². The number of thioether (sulfide) groups is 1. The van der Waals surface area contributed by atoms with Crippen LogP contribution in [0.15, 0.2) is 60.7 Å². The molecule has 0 amide bonds. The fourth-order valence-corrected chi connectivity index (χ4v) is 4.35. The number of aromatic nitrogens is 1.